The molecule has 0 spiro atoms. The van der Waals surface area contributed by atoms with Crippen LogP contribution in [-0.2, 0) is 19.2 Å². The van der Waals surface area contributed by atoms with Gasteiger partial charge in [0.05, 0.1) is 12.6 Å². The van der Waals surface area contributed by atoms with Gasteiger partial charge in [0, 0.05) is 19.2 Å². The summed E-state index contributed by atoms with van der Waals surface area (Å²) in [6, 6.07) is -1.12. The Morgan fingerprint density at radius 1 is 1.36 bits per heavy atom. The Hall–Kier alpha value is -2.38. The summed E-state index contributed by atoms with van der Waals surface area (Å²) >= 11 is 0. The fraction of sp³-hybridized carbons (Fsp3) is 0.647. The molecule has 1 heterocycles. The lowest BCUT2D eigenvalue weighted by atomic mass is 9.99. The number of carbonyl (C=O) groups is 4. The Morgan fingerprint density at radius 3 is 2.52 bits per heavy atom. The van der Waals surface area contributed by atoms with Gasteiger partial charge in [-0.1, -0.05) is 19.9 Å². The molecule has 140 valence electrons. The molecule has 1 saturated heterocycles. The van der Waals surface area contributed by atoms with Crippen molar-refractivity contribution in [3.63, 3.8) is 0 Å². The van der Waals surface area contributed by atoms with E-state index in [0.717, 1.165) is 0 Å². The van der Waals surface area contributed by atoms with E-state index in [9.17, 15) is 24.3 Å². The van der Waals surface area contributed by atoms with Crippen LogP contribution in [0, 0.1) is 5.92 Å². The molecule has 1 fully saturated rings. The molecule has 1 aliphatic heterocycles. The first kappa shape index (κ1) is 20.7. The zero-order valence-corrected chi connectivity index (χ0v) is 15.2. The topological polar surface area (TPSA) is 107 Å². The quantitative estimate of drug-likeness (QED) is 0.480. The molecule has 0 aliphatic carbocycles. The van der Waals surface area contributed by atoms with Crippen LogP contribution in [0.1, 0.15) is 33.6 Å². The average Bonchev–Trinajstić information content (AvgIpc) is 3.05. The first-order valence-electron chi connectivity index (χ1n) is 8.35. The number of aliphatic carboxylic acids is 1. The lowest BCUT2D eigenvalue weighted by Crippen LogP contribution is -2.44. The Bertz CT molecular complexity index is 558. The van der Waals surface area contributed by atoms with Crippen LogP contribution in [0.3, 0.4) is 0 Å². The molecule has 8 nitrogen and oxygen atoms in total. The smallest absolute Gasteiger partial charge is 0.326 e. The highest BCUT2D eigenvalue weighted by atomic mass is 16.4. The Morgan fingerprint density at radius 2 is 2.00 bits per heavy atom. The van der Waals surface area contributed by atoms with Crippen LogP contribution in [-0.4, -0.2) is 71.3 Å². The molecule has 1 unspecified atom stereocenters. The number of nitrogens with one attached hydrogen (secondary N) is 1. The van der Waals surface area contributed by atoms with Gasteiger partial charge in [0.25, 0.3) is 0 Å². The molecule has 0 aromatic heterocycles. The Labute approximate surface area is 147 Å². The normalized spacial score (nSPS) is 18.8. The zero-order chi connectivity index (χ0) is 19.1. The lowest BCUT2D eigenvalue weighted by Gasteiger charge is -2.30. The molecule has 25 heavy (non-hydrogen) atoms. The summed E-state index contributed by atoms with van der Waals surface area (Å²) in [5.74, 6) is -1.54. The van der Waals surface area contributed by atoms with Crippen molar-refractivity contribution < 1.29 is 24.3 Å². The van der Waals surface area contributed by atoms with Gasteiger partial charge in [0.15, 0.2) is 0 Å². The van der Waals surface area contributed by atoms with Crippen molar-refractivity contribution in [2.45, 2.75) is 45.7 Å². The van der Waals surface area contributed by atoms with Crippen LogP contribution in [0.4, 0.5) is 0 Å². The average molecular weight is 353 g/mol. The van der Waals surface area contributed by atoms with E-state index in [1.165, 1.54) is 9.80 Å². The maximum Gasteiger partial charge on any atom is 0.326 e. The second kappa shape index (κ2) is 9.19. The highest BCUT2D eigenvalue weighted by Crippen LogP contribution is 2.21. The maximum absolute atomic E-state index is 12.6. The minimum atomic E-state index is -0.994. The van der Waals surface area contributed by atoms with Crippen LogP contribution in [0.2, 0.25) is 0 Å². The largest absolute Gasteiger partial charge is 0.480 e. The summed E-state index contributed by atoms with van der Waals surface area (Å²) in [7, 11) is 1.61. The number of hydrogen-bond acceptors (Lipinski definition) is 4. The monoisotopic (exact) mass is 353 g/mol. The van der Waals surface area contributed by atoms with E-state index in [2.05, 4.69) is 5.32 Å². The number of likely N-dealkylation sites (N-methyl/N-ethyl adjacent to an activating group) is 1. The van der Waals surface area contributed by atoms with Crippen LogP contribution >= 0.6 is 0 Å². The second-order valence-electron chi connectivity index (χ2n) is 6.58. The standard InChI is InChI=1S/C17H27N3O5/c1-11(2)14(19(4)15(22)9-18-10-21)8-12(3)16(23)20-7-5-6-13(20)17(24)25/h8,10-11,13-14H,5-7,9H2,1-4H3,(H,18,21)(H,24,25)/t13?,14-/m1/s1. The molecule has 2 atom stereocenters. The first-order valence-corrected chi connectivity index (χ1v) is 8.35. The van der Waals surface area contributed by atoms with Gasteiger partial charge < -0.3 is 20.2 Å². The third-order valence-electron chi connectivity index (χ3n) is 4.42. The van der Waals surface area contributed by atoms with Gasteiger partial charge in [-0.15, -0.1) is 0 Å². The summed E-state index contributed by atoms with van der Waals surface area (Å²) in [6.07, 6.45) is 3.28. The van der Waals surface area contributed by atoms with Crippen molar-refractivity contribution in [1.82, 2.24) is 15.1 Å². The van der Waals surface area contributed by atoms with Crippen molar-refractivity contribution in [3.05, 3.63) is 11.6 Å². The summed E-state index contributed by atoms with van der Waals surface area (Å²) in [4.78, 5) is 49.2. The Balaban J connectivity index is 2.93. The summed E-state index contributed by atoms with van der Waals surface area (Å²) < 4.78 is 0. The number of carboxylic acids is 1. The number of carbonyl (C=O) groups excluding carboxylic acids is 3. The van der Waals surface area contributed by atoms with Gasteiger partial charge >= 0.3 is 5.97 Å². The van der Waals surface area contributed by atoms with Crippen LogP contribution in [0.15, 0.2) is 11.6 Å². The summed E-state index contributed by atoms with van der Waals surface area (Å²) in [5, 5.41) is 11.6. The van der Waals surface area contributed by atoms with E-state index < -0.39 is 12.0 Å². The molecule has 1 rings (SSSR count). The van der Waals surface area contributed by atoms with E-state index >= 15 is 0 Å². The molecule has 0 radical (unpaired) electrons. The zero-order valence-electron chi connectivity index (χ0n) is 15.2. The van der Waals surface area contributed by atoms with E-state index in [1.807, 2.05) is 13.8 Å². The molecule has 0 aromatic carbocycles. The molecular formula is C17H27N3O5. The van der Waals surface area contributed by atoms with Gasteiger partial charge in [0.1, 0.15) is 6.04 Å². The highest BCUT2D eigenvalue weighted by Gasteiger charge is 2.34. The molecule has 0 saturated carbocycles. The SMILES string of the molecule is CC(=C[C@H](C(C)C)N(C)C(=O)CNC=O)C(=O)N1CCCC1C(=O)O. The van der Waals surface area contributed by atoms with Crippen molar-refractivity contribution in [1.29, 1.82) is 0 Å². The molecule has 2 N–H and O–H groups in total. The number of likely N-dealkylation sites (tertiary alicyclic amines) is 1. The molecule has 8 heteroatoms. The number of carboxylic acid groups (broad SMARTS) is 1. The van der Waals surface area contributed by atoms with Gasteiger partial charge in [-0.05, 0) is 25.7 Å². The summed E-state index contributed by atoms with van der Waals surface area (Å²) in [5.41, 5.74) is 0.412. The van der Waals surface area contributed by atoms with E-state index in [-0.39, 0.29) is 30.3 Å². The predicted octanol–water partition coefficient (Wildman–Crippen LogP) is 0.237. The summed E-state index contributed by atoms with van der Waals surface area (Å²) in [6.45, 7) is 5.79. The van der Waals surface area contributed by atoms with Crippen molar-refractivity contribution in [3.8, 4) is 0 Å². The third kappa shape index (κ3) is 5.30. The molecule has 1 aliphatic rings. The second-order valence-corrected chi connectivity index (χ2v) is 6.58. The van der Waals surface area contributed by atoms with Gasteiger partial charge in [-0.25, -0.2) is 4.79 Å². The van der Waals surface area contributed by atoms with Crippen LogP contribution in [0.5, 0.6) is 0 Å². The van der Waals surface area contributed by atoms with E-state index in [1.54, 1.807) is 20.0 Å². The van der Waals surface area contributed by atoms with E-state index in [4.69, 9.17) is 0 Å². The molecule has 0 bridgehead atoms. The molecular weight excluding hydrogens is 326 g/mol. The number of rotatable bonds is 8. The van der Waals surface area contributed by atoms with Gasteiger partial charge in [-0.2, -0.15) is 0 Å². The van der Waals surface area contributed by atoms with Crippen molar-refractivity contribution >= 4 is 24.2 Å². The third-order valence-corrected chi connectivity index (χ3v) is 4.42. The Kier molecular flexibility index (Phi) is 7.60. The minimum absolute atomic E-state index is 0.0433. The number of hydrogen-bond donors (Lipinski definition) is 2. The van der Waals surface area contributed by atoms with Crippen molar-refractivity contribution in [2.24, 2.45) is 5.92 Å². The van der Waals surface area contributed by atoms with Gasteiger partial charge in [-0.3, -0.25) is 14.4 Å². The number of nitrogens with zero attached hydrogens (tertiary/aromatic N) is 2. The highest BCUT2D eigenvalue weighted by molar-refractivity contribution is 5.96. The lowest BCUT2D eigenvalue weighted by molar-refractivity contribution is -0.146. The van der Waals surface area contributed by atoms with Crippen LogP contribution in [0.25, 0.3) is 0 Å². The number of amides is 3. The van der Waals surface area contributed by atoms with Crippen LogP contribution < -0.4 is 5.32 Å². The van der Waals surface area contributed by atoms with Gasteiger partial charge in [0.2, 0.25) is 18.2 Å². The molecule has 3 amide bonds. The van der Waals surface area contributed by atoms with Crippen molar-refractivity contribution in [2.75, 3.05) is 20.1 Å². The fourth-order valence-electron chi connectivity index (χ4n) is 2.99. The first-order chi connectivity index (χ1) is 11.7. The predicted molar refractivity (Wildman–Crippen MR) is 91.6 cm³/mol. The fourth-order valence-corrected chi connectivity index (χ4v) is 2.99. The minimum Gasteiger partial charge on any atom is -0.480 e. The maximum atomic E-state index is 12.6. The molecule has 0 aromatic rings. The van der Waals surface area contributed by atoms with E-state index in [0.29, 0.717) is 31.4 Å².